The molecule has 0 unspecified atom stereocenters. The van der Waals surface area contributed by atoms with E-state index < -0.39 is 0 Å². The molecule has 0 saturated carbocycles. The van der Waals surface area contributed by atoms with Crippen LogP contribution < -0.4 is 5.32 Å². The Kier molecular flexibility index (Phi) is 2.71. The summed E-state index contributed by atoms with van der Waals surface area (Å²) in [6.07, 6.45) is 1.49. The molecule has 0 saturated heterocycles. The molecule has 6 heteroatoms. The molecular weight excluding hydrogens is 226 g/mol. The topological polar surface area (TPSA) is 55.1 Å². The summed E-state index contributed by atoms with van der Waals surface area (Å²) in [5.41, 5.74) is 0.696. The second-order valence-electron chi connectivity index (χ2n) is 4.40. The van der Waals surface area contributed by atoms with E-state index >= 15 is 0 Å². The Bertz CT molecular complexity index is 505. The summed E-state index contributed by atoms with van der Waals surface area (Å²) in [5, 5.41) is 7.44. The Balaban J connectivity index is 2.47. The molecule has 5 nitrogen and oxygen atoms in total. The molecule has 0 aliphatic heterocycles. The predicted molar refractivity (Wildman–Crippen MR) is 63.9 cm³/mol. The standard InChI is InChI=1S/C10H14ClN5/c1-7-4-8(15-10(2,3)5-11)16-9(14-7)12-6-13-16/h4,6,15H,5H2,1-3H3. The van der Waals surface area contributed by atoms with Gasteiger partial charge in [0.15, 0.2) is 0 Å². The lowest BCUT2D eigenvalue weighted by Crippen LogP contribution is -2.33. The summed E-state index contributed by atoms with van der Waals surface area (Å²) >= 11 is 5.88. The molecule has 2 heterocycles. The summed E-state index contributed by atoms with van der Waals surface area (Å²) in [5.74, 6) is 1.95. The first-order valence-corrected chi connectivity index (χ1v) is 5.57. The van der Waals surface area contributed by atoms with E-state index in [-0.39, 0.29) is 5.54 Å². The lowest BCUT2D eigenvalue weighted by atomic mass is 10.1. The molecule has 0 atom stereocenters. The minimum Gasteiger partial charge on any atom is -0.364 e. The Hall–Kier alpha value is -1.36. The van der Waals surface area contributed by atoms with Crippen LogP contribution in [0.15, 0.2) is 12.4 Å². The minimum absolute atomic E-state index is 0.200. The van der Waals surface area contributed by atoms with Crippen LogP contribution in [0.4, 0.5) is 5.82 Å². The van der Waals surface area contributed by atoms with Crippen molar-refractivity contribution in [1.29, 1.82) is 0 Å². The highest BCUT2D eigenvalue weighted by molar-refractivity contribution is 6.18. The van der Waals surface area contributed by atoms with Gasteiger partial charge >= 0.3 is 0 Å². The summed E-state index contributed by atoms with van der Waals surface area (Å²) in [6.45, 7) is 5.98. The first-order chi connectivity index (χ1) is 7.52. The highest BCUT2D eigenvalue weighted by Crippen LogP contribution is 2.17. The SMILES string of the molecule is Cc1cc(NC(C)(C)CCl)n2ncnc2n1. The maximum Gasteiger partial charge on any atom is 0.254 e. The van der Waals surface area contributed by atoms with Crippen molar-refractivity contribution in [2.45, 2.75) is 26.3 Å². The lowest BCUT2D eigenvalue weighted by molar-refractivity contribution is 0.632. The highest BCUT2D eigenvalue weighted by atomic mass is 35.5. The van der Waals surface area contributed by atoms with Crippen LogP contribution in [0.25, 0.3) is 5.78 Å². The van der Waals surface area contributed by atoms with Crippen LogP contribution in [-0.2, 0) is 0 Å². The zero-order valence-corrected chi connectivity index (χ0v) is 10.3. The number of hydrogen-bond acceptors (Lipinski definition) is 4. The van der Waals surface area contributed by atoms with E-state index in [0.29, 0.717) is 11.7 Å². The molecule has 0 aliphatic rings. The third-order valence-corrected chi connectivity index (χ3v) is 2.85. The molecular formula is C10H14ClN5. The van der Waals surface area contributed by atoms with Crippen LogP contribution in [-0.4, -0.2) is 31.0 Å². The van der Waals surface area contributed by atoms with Crippen molar-refractivity contribution in [2.75, 3.05) is 11.2 Å². The smallest absolute Gasteiger partial charge is 0.254 e. The molecule has 2 aromatic rings. The number of aromatic nitrogens is 4. The average molecular weight is 240 g/mol. The lowest BCUT2D eigenvalue weighted by Gasteiger charge is -2.24. The van der Waals surface area contributed by atoms with Crippen molar-refractivity contribution in [2.24, 2.45) is 0 Å². The monoisotopic (exact) mass is 239 g/mol. The van der Waals surface area contributed by atoms with Crippen LogP contribution in [0.5, 0.6) is 0 Å². The fourth-order valence-corrected chi connectivity index (χ4v) is 1.47. The van der Waals surface area contributed by atoms with Gasteiger partial charge in [-0.3, -0.25) is 0 Å². The maximum absolute atomic E-state index is 5.88. The van der Waals surface area contributed by atoms with E-state index in [4.69, 9.17) is 11.6 Å². The Labute approximate surface area is 98.9 Å². The Morgan fingerprint density at radius 2 is 2.25 bits per heavy atom. The molecule has 0 bridgehead atoms. The van der Waals surface area contributed by atoms with Gasteiger partial charge < -0.3 is 5.32 Å². The quantitative estimate of drug-likeness (QED) is 0.831. The summed E-state index contributed by atoms with van der Waals surface area (Å²) in [7, 11) is 0. The first-order valence-electron chi connectivity index (χ1n) is 5.03. The third-order valence-electron chi connectivity index (χ3n) is 2.18. The van der Waals surface area contributed by atoms with Crippen molar-refractivity contribution >= 4 is 23.2 Å². The molecule has 0 amide bonds. The summed E-state index contributed by atoms with van der Waals surface area (Å²) in [4.78, 5) is 8.33. The molecule has 86 valence electrons. The number of alkyl halides is 1. The highest BCUT2D eigenvalue weighted by Gasteiger charge is 2.18. The van der Waals surface area contributed by atoms with Gasteiger partial charge in [-0.25, -0.2) is 4.98 Å². The van der Waals surface area contributed by atoms with E-state index in [2.05, 4.69) is 20.4 Å². The molecule has 16 heavy (non-hydrogen) atoms. The van der Waals surface area contributed by atoms with Crippen LogP contribution in [0.1, 0.15) is 19.5 Å². The second kappa shape index (κ2) is 3.90. The summed E-state index contributed by atoms with van der Waals surface area (Å²) in [6, 6.07) is 1.93. The van der Waals surface area contributed by atoms with Gasteiger partial charge in [0.25, 0.3) is 5.78 Å². The van der Waals surface area contributed by atoms with Crippen molar-refractivity contribution in [3.05, 3.63) is 18.1 Å². The molecule has 2 rings (SSSR count). The van der Waals surface area contributed by atoms with Gasteiger partial charge in [0, 0.05) is 23.2 Å². The van der Waals surface area contributed by atoms with Gasteiger partial charge in [0.1, 0.15) is 12.1 Å². The van der Waals surface area contributed by atoms with E-state index in [0.717, 1.165) is 11.5 Å². The number of halogens is 1. The zero-order valence-electron chi connectivity index (χ0n) is 9.53. The largest absolute Gasteiger partial charge is 0.364 e. The fourth-order valence-electron chi connectivity index (χ4n) is 1.40. The molecule has 0 radical (unpaired) electrons. The van der Waals surface area contributed by atoms with E-state index in [1.807, 2.05) is 26.8 Å². The molecule has 0 fully saturated rings. The number of rotatable bonds is 3. The molecule has 0 aliphatic carbocycles. The van der Waals surface area contributed by atoms with Crippen LogP contribution >= 0.6 is 11.6 Å². The predicted octanol–water partition coefficient (Wildman–Crippen LogP) is 1.86. The van der Waals surface area contributed by atoms with E-state index in [1.54, 1.807) is 4.52 Å². The second-order valence-corrected chi connectivity index (χ2v) is 4.66. The van der Waals surface area contributed by atoms with Crippen molar-refractivity contribution < 1.29 is 0 Å². The average Bonchev–Trinajstić information content (AvgIpc) is 2.65. The van der Waals surface area contributed by atoms with Gasteiger partial charge in [0.05, 0.1) is 0 Å². The number of nitrogens with one attached hydrogen (secondary N) is 1. The van der Waals surface area contributed by atoms with Crippen LogP contribution in [0.2, 0.25) is 0 Å². The van der Waals surface area contributed by atoms with Gasteiger partial charge in [-0.2, -0.15) is 14.6 Å². The fraction of sp³-hybridized carbons (Fsp3) is 0.500. The minimum atomic E-state index is -0.200. The van der Waals surface area contributed by atoms with Gasteiger partial charge in [0.2, 0.25) is 0 Å². The molecule has 2 aromatic heterocycles. The third kappa shape index (κ3) is 2.09. The number of anilines is 1. The number of nitrogens with zero attached hydrogens (tertiary/aromatic N) is 4. The van der Waals surface area contributed by atoms with Crippen LogP contribution in [0.3, 0.4) is 0 Å². The number of fused-ring (bicyclic) bond motifs is 1. The van der Waals surface area contributed by atoms with Crippen LogP contribution in [0, 0.1) is 6.92 Å². The Morgan fingerprint density at radius 3 is 2.94 bits per heavy atom. The Morgan fingerprint density at radius 1 is 1.50 bits per heavy atom. The summed E-state index contributed by atoms with van der Waals surface area (Å²) < 4.78 is 1.67. The van der Waals surface area contributed by atoms with Crippen molar-refractivity contribution in [1.82, 2.24) is 19.6 Å². The molecule has 1 N–H and O–H groups in total. The van der Waals surface area contributed by atoms with Gasteiger partial charge in [-0.05, 0) is 20.8 Å². The van der Waals surface area contributed by atoms with Crippen molar-refractivity contribution in [3.63, 3.8) is 0 Å². The van der Waals surface area contributed by atoms with Gasteiger partial charge in [-0.15, -0.1) is 11.6 Å². The van der Waals surface area contributed by atoms with E-state index in [1.165, 1.54) is 6.33 Å². The number of aryl methyl sites for hydroxylation is 1. The maximum atomic E-state index is 5.88. The number of hydrogen-bond donors (Lipinski definition) is 1. The van der Waals surface area contributed by atoms with E-state index in [9.17, 15) is 0 Å². The molecule has 0 spiro atoms. The molecule has 0 aromatic carbocycles. The first kappa shape index (κ1) is 11.1. The van der Waals surface area contributed by atoms with Gasteiger partial charge in [-0.1, -0.05) is 0 Å². The zero-order chi connectivity index (χ0) is 11.8. The van der Waals surface area contributed by atoms with Crippen molar-refractivity contribution in [3.8, 4) is 0 Å². The normalized spacial score (nSPS) is 12.0.